The summed E-state index contributed by atoms with van der Waals surface area (Å²) in [5.74, 6) is 0. The highest BCUT2D eigenvalue weighted by molar-refractivity contribution is 7.92. The van der Waals surface area contributed by atoms with Gasteiger partial charge in [-0.25, -0.2) is 8.42 Å². The Morgan fingerprint density at radius 3 is 2.26 bits per heavy atom. The first kappa shape index (κ1) is 26.9. The molecule has 39 heavy (non-hydrogen) atoms. The fourth-order valence-corrected chi connectivity index (χ4v) is 6.62. The standard InChI is InChI=1S/C30H33N5O2S2/c1-18-10-9-11-19(2)28(18)34-21(4)17-24(22(34)5)29-27(26-12-7-8-15-31-26)32-30(38)35(29)23-13-14-25(20(3)16-23)33-39(6,36)37/h7-17,27,29,33H,1-6H3,(H,32,38)/t27-,29-/m1/s1. The molecule has 0 amide bonds. The normalized spacial score (nSPS) is 17.4. The van der Waals surface area contributed by atoms with E-state index in [1.807, 2.05) is 37.3 Å². The summed E-state index contributed by atoms with van der Waals surface area (Å²) in [5, 5.41) is 4.13. The molecule has 2 aromatic heterocycles. The molecule has 0 bridgehead atoms. The van der Waals surface area contributed by atoms with E-state index in [9.17, 15) is 8.42 Å². The van der Waals surface area contributed by atoms with Crippen molar-refractivity contribution in [3.05, 3.63) is 106 Å². The van der Waals surface area contributed by atoms with Gasteiger partial charge in [0, 0.05) is 23.3 Å². The minimum Gasteiger partial charge on any atom is -0.351 e. The van der Waals surface area contributed by atoms with E-state index in [1.54, 1.807) is 12.3 Å². The van der Waals surface area contributed by atoms with E-state index < -0.39 is 10.0 Å². The molecule has 9 heteroatoms. The number of pyridine rings is 1. The number of rotatable bonds is 6. The van der Waals surface area contributed by atoms with Crippen LogP contribution in [-0.4, -0.2) is 29.3 Å². The van der Waals surface area contributed by atoms with Crippen molar-refractivity contribution in [3.63, 3.8) is 0 Å². The molecule has 0 unspecified atom stereocenters. The van der Waals surface area contributed by atoms with Gasteiger partial charge in [-0.1, -0.05) is 24.3 Å². The van der Waals surface area contributed by atoms with Gasteiger partial charge in [-0.15, -0.1) is 0 Å². The highest BCUT2D eigenvalue weighted by atomic mass is 32.2. The number of anilines is 2. The van der Waals surface area contributed by atoms with Gasteiger partial charge in [0.1, 0.15) is 0 Å². The summed E-state index contributed by atoms with van der Waals surface area (Å²) in [7, 11) is -3.39. The average Bonchev–Trinajstić information content (AvgIpc) is 3.36. The lowest BCUT2D eigenvalue weighted by molar-refractivity contribution is 0.565. The molecule has 2 N–H and O–H groups in total. The number of aromatic nitrogens is 2. The van der Waals surface area contributed by atoms with Crippen LogP contribution in [-0.2, 0) is 10.0 Å². The van der Waals surface area contributed by atoms with Crippen molar-refractivity contribution in [2.75, 3.05) is 15.9 Å². The third-order valence-electron chi connectivity index (χ3n) is 7.33. The van der Waals surface area contributed by atoms with E-state index >= 15 is 0 Å². The molecule has 0 spiro atoms. The molecule has 0 radical (unpaired) electrons. The van der Waals surface area contributed by atoms with Crippen molar-refractivity contribution in [3.8, 4) is 5.69 Å². The molecule has 3 heterocycles. The molecular formula is C30H33N5O2S2. The fraction of sp³-hybridized carbons (Fsp3) is 0.267. The minimum atomic E-state index is -3.39. The fourth-order valence-electron chi connectivity index (χ4n) is 5.65. The smallest absolute Gasteiger partial charge is 0.229 e. The maximum atomic E-state index is 11.9. The van der Waals surface area contributed by atoms with E-state index in [0.717, 1.165) is 40.2 Å². The Kier molecular flexibility index (Phi) is 6.99. The van der Waals surface area contributed by atoms with Gasteiger partial charge in [0.05, 0.1) is 35.4 Å². The minimum absolute atomic E-state index is 0.176. The maximum absolute atomic E-state index is 11.9. The van der Waals surface area contributed by atoms with Crippen LogP contribution in [0.1, 0.15) is 51.4 Å². The lowest BCUT2D eigenvalue weighted by Crippen LogP contribution is -2.29. The van der Waals surface area contributed by atoms with Crippen LogP contribution < -0.4 is 14.9 Å². The van der Waals surface area contributed by atoms with Gasteiger partial charge < -0.3 is 14.8 Å². The summed E-state index contributed by atoms with van der Waals surface area (Å²) in [5.41, 5.74) is 10.2. The Labute approximate surface area is 235 Å². The summed E-state index contributed by atoms with van der Waals surface area (Å²) in [6.45, 7) is 10.5. The van der Waals surface area contributed by atoms with E-state index in [-0.39, 0.29) is 12.1 Å². The Morgan fingerprint density at radius 1 is 0.923 bits per heavy atom. The first-order valence-electron chi connectivity index (χ1n) is 12.8. The van der Waals surface area contributed by atoms with E-state index in [1.165, 1.54) is 16.8 Å². The zero-order valence-electron chi connectivity index (χ0n) is 23.0. The number of nitrogens with zero attached hydrogens (tertiary/aromatic N) is 3. The SMILES string of the molecule is Cc1cc(N2C(=S)N[C@H](c3ccccn3)[C@H]2c2cc(C)n(-c3c(C)cccc3C)c2C)ccc1NS(C)(=O)=O. The van der Waals surface area contributed by atoms with Crippen molar-refractivity contribution in [2.24, 2.45) is 0 Å². The van der Waals surface area contributed by atoms with Crippen LogP contribution >= 0.6 is 12.2 Å². The molecule has 4 aromatic rings. The van der Waals surface area contributed by atoms with Crippen LogP contribution in [0.2, 0.25) is 0 Å². The number of para-hydroxylation sites is 1. The molecule has 7 nitrogen and oxygen atoms in total. The molecule has 2 aromatic carbocycles. The van der Waals surface area contributed by atoms with Crippen LogP contribution in [0.25, 0.3) is 5.69 Å². The molecule has 5 rings (SSSR count). The van der Waals surface area contributed by atoms with Gasteiger partial charge >= 0.3 is 0 Å². The number of sulfonamides is 1. The first-order valence-corrected chi connectivity index (χ1v) is 15.1. The summed E-state index contributed by atoms with van der Waals surface area (Å²) in [4.78, 5) is 6.81. The van der Waals surface area contributed by atoms with Crippen LogP contribution in [0, 0.1) is 34.6 Å². The predicted octanol–water partition coefficient (Wildman–Crippen LogP) is 5.96. The number of benzene rings is 2. The number of thiocarbonyl (C=S) groups is 1. The second-order valence-electron chi connectivity index (χ2n) is 10.3. The second-order valence-corrected chi connectivity index (χ2v) is 12.4. The second kappa shape index (κ2) is 10.1. The Hall–Kier alpha value is -3.69. The molecule has 1 aliphatic heterocycles. The number of aryl methyl sites for hydroxylation is 4. The lowest BCUT2D eigenvalue weighted by Gasteiger charge is -2.29. The van der Waals surface area contributed by atoms with Crippen LogP contribution in [0.3, 0.4) is 0 Å². The Morgan fingerprint density at radius 2 is 1.64 bits per heavy atom. The molecule has 0 saturated carbocycles. The monoisotopic (exact) mass is 559 g/mol. The zero-order chi connectivity index (χ0) is 28.1. The van der Waals surface area contributed by atoms with Gasteiger partial charge in [0.25, 0.3) is 0 Å². The highest BCUT2D eigenvalue weighted by Crippen LogP contribution is 2.44. The molecule has 1 aliphatic rings. The topological polar surface area (TPSA) is 79.3 Å². The third-order valence-corrected chi connectivity index (χ3v) is 8.24. The van der Waals surface area contributed by atoms with Gasteiger partial charge in [0.2, 0.25) is 10.0 Å². The van der Waals surface area contributed by atoms with Crippen molar-refractivity contribution in [1.29, 1.82) is 0 Å². The van der Waals surface area contributed by atoms with Crippen molar-refractivity contribution in [2.45, 2.75) is 46.7 Å². The maximum Gasteiger partial charge on any atom is 0.229 e. The first-order chi connectivity index (χ1) is 18.5. The van der Waals surface area contributed by atoms with Crippen LogP contribution in [0.15, 0.2) is 66.9 Å². The molecule has 2 atom stereocenters. The van der Waals surface area contributed by atoms with Crippen molar-refractivity contribution < 1.29 is 8.42 Å². The third kappa shape index (κ3) is 5.04. The molecule has 1 saturated heterocycles. The van der Waals surface area contributed by atoms with Crippen molar-refractivity contribution >= 4 is 38.7 Å². The lowest BCUT2D eigenvalue weighted by atomic mass is 9.96. The van der Waals surface area contributed by atoms with Crippen LogP contribution in [0.4, 0.5) is 11.4 Å². The summed E-state index contributed by atoms with van der Waals surface area (Å²) in [6.07, 6.45) is 2.95. The molecule has 202 valence electrons. The Balaban J connectivity index is 1.68. The van der Waals surface area contributed by atoms with Gasteiger partial charge in [-0.2, -0.15) is 0 Å². The van der Waals surface area contributed by atoms with Crippen molar-refractivity contribution in [1.82, 2.24) is 14.9 Å². The largest absolute Gasteiger partial charge is 0.351 e. The number of nitrogens with one attached hydrogen (secondary N) is 2. The average molecular weight is 560 g/mol. The van der Waals surface area contributed by atoms with E-state index in [4.69, 9.17) is 12.2 Å². The van der Waals surface area contributed by atoms with E-state index in [2.05, 4.69) is 76.5 Å². The van der Waals surface area contributed by atoms with Gasteiger partial charge in [0.15, 0.2) is 5.11 Å². The quantitative estimate of drug-likeness (QED) is 0.284. The van der Waals surface area contributed by atoms with E-state index in [0.29, 0.717) is 10.8 Å². The predicted molar refractivity (Wildman–Crippen MR) is 162 cm³/mol. The summed E-state index contributed by atoms with van der Waals surface area (Å²) < 4.78 is 28.6. The molecule has 1 fully saturated rings. The van der Waals surface area contributed by atoms with Crippen LogP contribution in [0.5, 0.6) is 0 Å². The molecule has 0 aliphatic carbocycles. The molecular weight excluding hydrogens is 526 g/mol. The summed E-state index contributed by atoms with van der Waals surface area (Å²) in [6, 6.07) is 19.9. The zero-order valence-corrected chi connectivity index (χ0v) is 24.6. The summed E-state index contributed by atoms with van der Waals surface area (Å²) >= 11 is 5.93. The Bertz CT molecular complexity index is 1660. The number of hydrogen-bond acceptors (Lipinski definition) is 4. The number of hydrogen-bond donors (Lipinski definition) is 2. The highest BCUT2D eigenvalue weighted by Gasteiger charge is 2.42. The van der Waals surface area contributed by atoms with Gasteiger partial charge in [-0.05, 0) is 105 Å². The van der Waals surface area contributed by atoms with Gasteiger partial charge in [-0.3, -0.25) is 9.71 Å².